The van der Waals surface area contributed by atoms with Crippen molar-refractivity contribution in [3.63, 3.8) is 0 Å². The molecule has 0 amide bonds. The van der Waals surface area contributed by atoms with E-state index in [-0.39, 0.29) is 5.41 Å². The molecular formula is C15H19Cl2NO. The Morgan fingerprint density at radius 1 is 1.16 bits per heavy atom. The lowest BCUT2D eigenvalue weighted by Gasteiger charge is -2.42. The summed E-state index contributed by atoms with van der Waals surface area (Å²) < 4.78 is 5.58. The number of halogens is 2. The van der Waals surface area contributed by atoms with E-state index >= 15 is 0 Å². The lowest BCUT2D eigenvalue weighted by molar-refractivity contribution is 0.0290. The van der Waals surface area contributed by atoms with Gasteiger partial charge in [0.05, 0.1) is 10.0 Å². The molecule has 0 aromatic heterocycles. The van der Waals surface area contributed by atoms with Crippen LogP contribution in [0.3, 0.4) is 0 Å². The van der Waals surface area contributed by atoms with E-state index < -0.39 is 0 Å². The zero-order chi connectivity index (χ0) is 13.3. The Labute approximate surface area is 124 Å². The molecule has 0 spiro atoms. The van der Waals surface area contributed by atoms with Gasteiger partial charge in [-0.05, 0) is 56.0 Å². The van der Waals surface area contributed by atoms with Crippen molar-refractivity contribution in [1.29, 1.82) is 0 Å². The number of nitrogens with one attached hydrogen (secondary N) is 1. The summed E-state index contributed by atoms with van der Waals surface area (Å²) in [5.41, 5.74) is 1.54. The van der Waals surface area contributed by atoms with Gasteiger partial charge in [-0.25, -0.2) is 0 Å². The van der Waals surface area contributed by atoms with Crippen molar-refractivity contribution in [2.45, 2.75) is 24.7 Å². The van der Waals surface area contributed by atoms with Gasteiger partial charge in [0.15, 0.2) is 0 Å². The van der Waals surface area contributed by atoms with E-state index in [1.165, 1.54) is 12.0 Å². The minimum absolute atomic E-state index is 0.204. The summed E-state index contributed by atoms with van der Waals surface area (Å²) in [4.78, 5) is 0. The second-order valence-corrected chi connectivity index (χ2v) is 6.40. The molecule has 2 saturated heterocycles. The molecule has 0 aliphatic carbocycles. The van der Waals surface area contributed by atoms with Crippen molar-refractivity contribution in [2.75, 3.05) is 26.3 Å². The average Bonchev–Trinajstić information content (AvgIpc) is 2.97. The van der Waals surface area contributed by atoms with Crippen molar-refractivity contribution in [2.24, 2.45) is 5.92 Å². The van der Waals surface area contributed by atoms with Crippen LogP contribution in [0.5, 0.6) is 0 Å². The zero-order valence-corrected chi connectivity index (χ0v) is 12.4. The maximum absolute atomic E-state index is 6.22. The summed E-state index contributed by atoms with van der Waals surface area (Å²) in [6, 6.07) is 6.14. The molecule has 4 heteroatoms. The predicted molar refractivity (Wildman–Crippen MR) is 79.2 cm³/mol. The predicted octanol–water partition coefficient (Wildman–Crippen LogP) is 3.65. The maximum atomic E-state index is 6.22. The quantitative estimate of drug-likeness (QED) is 0.900. The van der Waals surface area contributed by atoms with E-state index in [2.05, 4.69) is 17.4 Å². The summed E-state index contributed by atoms with van der Waals surface area (Å²) in [6.45, 7) is 3.91. The molecule has 1 unspecified atom stereocenters. The average molecular weight is 300 g/mol. The van der Waals surface area contributed by atoms with Gasteiger partial charge < -0.3 is 10.1 Å². The molecule has 2 nitrogen and oxygen atoms in total. The lowest BCUT2D eigenvalue weighted by Crippen LogP contribution is -2.41. The molecule has 3 rings (SSSR count). The van der Waals surface area contributed by atoms with Crippen LogP contribution in [0.4, 0.5) is 0 Å². The van der Waals surface area contributed by atoms with Gasteiger partial charge in [0.25, 0.3) is 0 Å². The Bertz CT molecular complexity index is 451. The normalized spacial score (nSPS) is 26.5. The molecule has 2 aliphatic heterocycles. The first-order valence-electron chi connectivity index (χ1n) is 6.96. The summed E-state index contributed by atoms with van der Waals surface area (Å²) in [5.74, 6) is 0.675. The van der Waals surface area contributed by atoms with E-state index in [0.29, 0.717) is 16.0 Å². The van der Waals surface area contributed by atoms with E-state index in [4.69, 9.17) is 27.9 Å². The number of hydrogen-bond donors (Lipinski definition) is 1. The van der Waals surface area contributed by atoms with Gasteiger partial charge in [0.1, 0.15) is 0 Å². The van der Waals surface area contributed by atoms with Crippen molar-refractivity contribution in [3.05, 3.63) is 33.8 Å². The molecule has 1 aromatic rings. The van der Waals surface area contributed by atoms with Gasteiger partial charge in [-0.15, -0.1) is 0 Å². The number of benzene rings is 1. The molecule has 0 bridgehead atoms. The fourth-order valence-corrected chi connectivity index (χ4v) is 3.90. The standard InChI is InChI=1S/C15H19Cl2NO/c16-13-2-1-11(9-14(13)17)15(4-7-19-8-5-15)12-3-6-18-10-12/h1-2,9,12,18H,3-8,10H2. The highest BCUT2D eigenvalue weighted by molar-refractivity contribution is 6.42. The molecule has 1 aromatic carbocycles. The van der Waals surface area contributed by atoms with Crippen LogP contribution in [0.25, 0.3) is 0 Å². The first kappa shape index (κ1) is 13.7. The van der Waals surface area contributed by atoms with Crippen molar-refractivity contribution in [3.8, 4) is 0 Å². The topological polar surface area (TPSA) is 21.3 Å². The highest BCUT2D eigenvalue weighted by atomic mass is 35.5. The summed E-state index contributed by atoms with van der Waals surface area (Å²) >= 11 is 12.3. The molecule has 0 radical (unpaired) electrons. The van der Waals surface area contributed by atoms with E-state index in [0.717, 1.165) is 39.1 Å². The van der Waals surface area contributed by atoms with Crippen LogP contribution in [0, 0.1) is 5.92 Å². The number of hydrogen-bond acceptors (Lipinski definition) is 2. The molecule has 104 valence electrons. The fraction of sp³-hybridized carbons (Fsp3) is 0.600. The Morgan fingerprint density at radius 2 is 1.95 bits per heavy atom. The van der Waals surface area contributed by atoms with E-state index in [9.17, 15) is 0 Å². The molecule has 1 atom stereocenters. The highest BCUT2D eigenvalue weighted by Crippen LogP contribution is 2.45. The third-order valence-electron chi connectivity index (χ3n) is 4.72. The fourth-order valence-electron chi connectivity index (χ4n) is 3.60. The molecule has 2 heterocycles. The number of ether oxygens (including phenoxy) is 1. The first-order chi connectivity index (χ1) is 9.22. The monoisotopic (exact) mass is 299 g/mol. The van der Waals surface area contributed by atoms with Gasteiger partial charge in [-0.3, -0.25) is 0 Å². The molecule has 0 saturated carbocycles. The highest BCUT2D eigenvalue weighted by Gasteiger charge is 2.42. The first-order valence-corrected chi connectivity index (χ1v) is 7.72. The lowest BCUT2D eigenvalue weighted by atomic mass is 9.65. The molecule has 1 N–H and O–H groups in total. The van der Waals surface area contributed by atoms with Crippen LogP contribution >= 0.6 is 23.2 Å². The van der Waals surface area contributed by atoms with E-state index in [1.54, 1.807) is 0 Å². The largest absolute Gasteiger partial charge is 0.381 e. The molecular weight excluding hydrogens is 281 g/mol. The second kappa shape index (κ2) is 5.61. The molecule has 2 fully saturated rings. The number of rotatable bonds is 2. The van der Waals surface area contributed by atoms with Crippen LogP contribution in [0.15, 0.2) is 18.2 Å². The Kier molecular flexibility index (Phi) is 4.04. The van der Waals surface area contributed by atoms with Crippen LogP contribution in [-0.2, 0) is 10.2 Å². The molecule has 19 heavy (non-hydrogen) atoms. The molecule has 2 aliphatic rings. The summed E-state index contributed by atoms with van der Waals surface area (Å²) in [7, 11) is 0. The third kappa shape index (κ3) is 2.52. The van der Waals surface area contributed by atoms with Crippen molar-refractivity contribution >= 4 is 23.2 Å². The zero-order valence-electron chi connectivity index (χ0n) is 10.9. The van der Waals surface area contributed by atoms with Crippen molar-refractivity contribution < 1.29 is 4.74 Å². The van der Waals surface area contributed by atoms with Gasteiger partial charge in [0, 0.05) is 18.6 Å². The van der Waals surface area contributed by atoms with Crippen LogP contribution in [0.1, 0.15) is 24.8 Å². The summed E-state index contributed by atoms with van der Waals surface area (Å²) in [5, 5.41) is 4.79. The van der Waals surface area contributed by atoms with Crippen LogP contribution in [-0.4, -0.2) is 26.3 Å². The Balaban J connectivity index is 1.99. The van der Waals surface area contributed by atoms with Gasteiger partial charge in [0.2, 0.25) is 0 Å². The van der Waals surface area contributed by atoms with E-state index in [1.807, 2.05) is 6.07 Å². The van der Waals surface area contributed by atoms with Crippen LogP contribution in [0.2, 0.25) is 10.0 Å². The minimum Gasteiger partial charge on any atom is -0.381 e. The smallest absolute Gasteiger partial charge is 0.0595 e. The maximum Gasteiger partial charge on any atom is 0.0595 e. The minimum atomic E-state index is 0.204. The second-order valence-electron chi connectivity index (χ2n) is 5.59. The third-order valence-corrected chi connectivity index (χ3v) is 5.46. The summed E-state index contributed by atoms with van der Waals surface area (Å²) in [6.07, 6.45) is 3.40. The SMILES string of the molecule is Clc1ccc(C2(C3CCNC3)CCOCC2)cc1Cl. The van der Waals surface area contributed by atoms with Gasteiger partial charge in [-0.1, -0.05) is 29.3 Å². The Hall–Kier alpha value is -0.280. The van der Waals surface area contributed by atoms with Gasteiger partial charge in [-0.2, -0.15) is 0 Å². The van der Waals surface area contributed by atoms with Gasteiger partial charge >= 0.3 is 0 Å². The van der Waals surface area contributed by atoms with Crippen molar-refractivity contribution in [1.82, 2.24) is 5.32 Å². The Morgan fingerprint density at radius 3 is 2.58 bits per heavy atom. The van der Waals surface area contributed by atoms with Crippen LogP contribution < -0.4 is 5.32 Å².